The first kappa shape index (κ1) is 67.1. The first-order chi connectivity index (χ1) is 44.5. The zero-order valence-electron chi connectivity index (χ0n) is 61.8. The Kier molecular flexibility index (Phi) is 16.2. The Morgan fingerprint density at radius 1 is 0.250 bits per heavy atom. The lowest BCUT2D eigenvalue weighted by molar-refractivity contribution is 0.568. The third kappa shape index (κ3) is 12.8. The molecule has 12 rings (SSSR count). The summed E-state index contributed by atoms with van der Waals surface area (Å²) in [6.07, 6.45) is 0. The lowest BCUT2D eigenvalue weighted by Crippen LogP contribution is -2.17. The maximum Gasteiger partial charge on any atom is 0.166 e. The first-order valence-electron chi connectivity index (χ1n) is 34.6. The van der Waals surface area contributed by atoms with Gasteiger partial charge in [0, 0.05) is 43.8 Å². The van der Waals surface area contributed by atoms with E-state index in [9.17, 15) is 5.26 Å². The molecule has 0 fully saturated rings. The molecule has 490 valence electrons. The smallest absolute Gasteiger partial charge is 0.166 e. The fourth-order valence-electron chi connectivity index (χ4n) is 13.4. The minimum Gasteiger partial charge on any atom is -0.309 e. The van der Waals surface area contributed by atoms with Crippen molar-refractivity contribution in [2.75, 3.05) is 0 Å². The van der Waals surface area contributed by atoms with Crippen molar-refractivity contribution < 1.29 is 0 Å². The Labute approximate surface area is 572 Å². The molecule has 3 heterocycles. The number of fused-ring (bicyclic) bond motifs is 6. The topological polar surface area (TPSA) is 72.3 Å². The standard InChI is InChI=1S/C90H100N6/c1-83(2,3)60-31-37-75-69(49-60)70-50-61(84(4,5)6)32-38-76(70)95(75)74-35-29-56(55-27-25-54(53-91)26-28-55)45-68(74)57-30-36-79(96-77-39-33-62(85(7,8)9)51-71(77)72-52-63(86(10,11)12)34-40-78(72)96)73(46-57)82-93-80(58-41-64(87(13,14)15)47-65(42-58)88(16,17)18)92-81(94-82)59-43-66(89(19,20)21)48-67(44-59)90(22,23)24/h25-52H,1-24H3. The fourth-order valence-corrected chi connectivity index (χ4v) is 13.4. The van der Waals surface area contributed by atoms with Gasteiger partial charge in [0.15, 0.2) is 17.5 Å². The van der Waals surface area contributed by atoms with E-state index in [0.717, 1.165) is 72.4 Å². The first-order valence-corrected chi connectivity index (χ1v) is 34.6. The maximum absolute atomic E-state index is 10.0. The molecular weight excluding hydrogens is 1170 g/mol. The van der Waals surface area contributed by atoms with Gasteiger partial charge in [0.05, 0.1) is 45.1 Å². The van der Waals surface area contributed by atoms with Crippen molar-refractivity contribution >= 4 is 43.6 Å². The molecule has 0 aliphatic carbocycles. The normalized spacial score (nSPS) is 13.2. The van der Waals surface area contributed by atoms with E-state index < -0.39 is 0 Å². The van der Waals surface area contributed by atoms with E-state index in [4.69, 9.17) is 15.0 Å². The summed E-state index contributed by atoms with van der Waals surface area (Å²) >= 11 is 0. The molecule has 0 radical (unpaired) electrons. The van der Waals surface area contributed by atoms with Crippen molar-refractivity contribution in [2.45, 2.75) is 209 Å². The molecule has 0 amide bonds. The molecule has 96 heavy (non-hydrogen) atoms. The van der Waals surface area contributed by atoms with Crippen LogP contribution >= 0.6 is 0 Å². The van der Waals surface area contributed by atoms with Gasteiger partial charge in [-0.15, -0.1) is 0 Å². The maximum atomic E-state index is 10.0. The second-order valence-corrected chi connectivity index (χ2v) is 35.7. The lowest BCUT2D eigenvalue weighted by atomic mass is 9.79. The van der Waals surface area contributed by atoms with Crippen LogP contribution in [-0.2, 0) is 43.3 Å². The van der Waals surface area contributed by atoms with Gasteiger partial charge in [-0.2, -0.15) is 5.26 Å². The molecule has 0 saturated carbocycles. The van der Waals surface area contributed by atoms with Gasteiger partial charge in [-0.25, -0.2) is 15.0 Å². The van der Waals surface area contributed by atoms with Crippen LogP contribution in [-0.4, -0.2) is 24.1 Å². The van der Waals surface area contributed by atoms with Crippen LogP contribution in [0.25, 0.3) is 111 Å². The van der Waals surface area contributed by atoms with Crippen LogP contribution in [0.15, 0.2) is 170 Å². The summed E-state index contributed by atoms with van der Waals surface area (Å²) in [5.74, 6) is 1.81. The van der Waals surface area contributed by atoms with Crippen LogP contribution < -0.4 is 0 Å². The summed E-state index contributed by atoms with van der Waals surface area (Å²) in [4.78, 5) is 17.4. The van der Waals surface area contributed by atoms with Gasteiger partial charge in [-0.3, -0.25) is 0 Å². The van der Waals surface area contributed by atoms with E-state index in [1.165, 1.54) is 66.1 Å². The van der Waals surface area contributed by atoms with Crippen molar-refractivity contribution in [3.8, 4) is 73.9 Å². The lowest BCUT2D eigenvalue weighted by Gasteiger charge is -2.26. The van der Waals surface area contributed by atoms with E-state index in [-0.39, 0.29) is 43.3 Å². The molecule has 0 unspecified atom stereocenters. The van der Waals surface area contributed by atoms with E-state index in [1.807, 2.05) is 12.1 Å². The molecule has 0 atom stereocenters. The molecule has 0 aliphatic rings. The molecule has 0 saturated heterocycles. The Hall–Kier alpha value is -8.92. The second-order valence-electron chi connectivity index (χ2n) is 35.7. The van der Waals surface area contributed by atoms with Crippen molar-refractivity contribution in [1.82, 2.24) is 24.1 Å². The van der Waals surface area contributed by atoms with E-state index in [2.05, 4.69) is 339 Å². The van der Waals surface area contributed by atoms with Crippen LogP contribution in [0.4, 0.5) is 0 Å². The van der Waals surface area contributed by atoms with Gasteiger partial charge in [0.1, 0.15) is 0 Å². The highest BCUT2D eigenvalue weighted by atomic mass is 15.1. The van der Waals surface area contributed by atoms with Gasteiger partial charge in [0.2, 0.25) is 0 Å². The van der Waals surface area contributed by atoms with Crippen LogP contribution in [0.5, 0.6) is 0 Å². The number of hydrogen-bond acceptors (Lipinski definition) is 4. The number of nitrogens with zero attached hydrogens (tertiary/aromatic N) is 6. The van der Waals surface area contributed by atoms with Crippen LogP contribution in [0.3, 0.4) is 0 Å². The Morgan fingerprint density at radius 3 is 0.844 bits per heavy atom. The Balaban J connectivity index is 1.26. The van der Waals surface area contributed by atoms with Crippen LogP contribution in [0.2, 0.25) is 0 Å². The molecule has 9 aromatic carbocycles. The SMILES string of the molecule is CC(C)(C)c1cc(-c2nc(-c3cc(C(C)(C)C)cc(C(C)(C)C)c3)nc(-c3cc(-c4cc(-c5ccc(C#N)cc5)ccc4-n4c5ccc(C(C)(C)C)cc5c5cc(C(C)(C)C)ccc54)ccc3-n3c4ccc(C(C)(C)C)cc4c4cc(C(C)(C)C)ccc43)n2)cc(C(C)(C)C)c1. The monoisotopic (exact) mass is 1260 g/mol. The predicted octanol–water partition coefficient (Wildman–Crippen LogP) is 24.7. The average molecular weight is 1270 g/mol. The summed E-state index contributed by atoms with van der Waals surface area (Å²) in [6, 6.07) is 66.6. The highest BCUT2D eigenvalue weighted by Crippen LogP contribution is 2.46. The molecule has 0 N–H and O–H groups in total. The summed E-state index contributed by atoms with van der Waals surface area (Å²) in [5, 5.41) is 14.9. The highest BCUT2D eigenvalue weighted by Gasteiger charge is 2.30. The predicted molar refractivity (Wildman–Crippen MR) is 410 cm³/mol. The average Bonchev–Trinajstić information content (AvgIpc) is 1.55. The Morgan fingerprint density at radius 2 is 0.531 bits per heavy atom. The quantitative estimate of drug-likeness (QED) is 0.159. The number of nitriles is 1. The molecule has 6 nitrogen and oxygen atoms in total. The third-order valence-corrected chi connectivity index (χ3v) is 19.9. The fraction of sp³-hybridized carbons (Fsp3) is 0.356. The van der Waals surface area contributed by atoms with Gasteiger partial charge >= 0.3 is 0 Å². The van der Waals surface area contributed by atoms with Crippen molar-refractivity contribution in [3.63, 3.8) is 0 Å². The molecule has 0 spiro atoms. The zero-order chi connectivity index (χ0) is 69.5. The summed E-state index contributed by atoms with van der Waals surface area (Å²) < 4.78 is 4.97. The molecule has 0 aliphatic heterocycles. The number of rotatable bonds is 7. The largest absolute Gasteiger partial charge is 0.309 e. The molecule has 3 aromatic heterocycles. The van der Waals surface area contributed by atoms with E-state index in [1.54, 1.807) is 0 Å². The Bertz CT molecular complexity index is 4810. The van der Waals surface area contributed by atoms with Gasteiger partial charge < -0.3 is 9.13 Å². The summed E-state index contributed by atoms with van der Waals surface area (Å²) in [5.41, 5.74) is 23.0. The van der Waals surface area contributed by atoms with E-state index >= 15 is 0 Å². The molecule has 0 bridgehead atoms. The van der Waals surface area contributed by atoms with E-state index in [0.29, 0.717) is 23.0 Å². The van der Waals surface area contributed by atoms with Crippen LogP contribution in [0.1, 0.15) is 216 Å². The van der Waals surface area contributed by atoms with Crippen molar-refractivity contribution in [2.24, 2.45) is 0 Å². The van der Waals surface area contributed by atoms with Crippen LogP contribution in [0, 0.1) is 11.3 Å². The van der Waals surface area contributed by atoms with Crippen molar-refractivity contribution in [1.29, 1.82) is 5.26 Å². The number of benzene rings is 9. The van der Waals surface area contributed by atoms with Crippen molar-refractivity contribution in [3.05, 3.63) is 220 Å². The minimum atomic E-state index is -0.167. The number of hydrogen-bond donors (Lipinski definition) is 0. The van der Waals surface area contributed by atoms with Gasteiger partial charge in [0.25, 0.3) is 0 Å². The summed E-state index contributed by atoms with van der Waals surface area (Å²) in [6.45, 7) is 55.2. The summed E-state index contributed by atoms with van der Waals surface area (Å²) in [7, 11) is 0. The highest BCUT2D eigenvalue weighted by molar-refractivity contribution is 6.12. The molecule has 12 aromatic rings. The molecule has 6 heteroatoms. The second kappa shape index (κ2) is 23.1. The third-order valence-electron chi connectivity index (χ3n) is 19.9. The molecular formula is C90H100N6. The minimum absolute atomic E-state index is 0.0697. The zero-order valence-corrected chi connectivity index (χ0v) is 61.8. The van der Waals surface area contributed by atoms with Gasteiger partial charge in [-0.05, 0) is 214 Å². The number of aromatic nitrogens is 5. The van der Waals surface area contributed by atoms with Gasteiger partial charge in [-0.1, -0.05) is 227 Å².